The van der Waals surface area contributed by atoms with Gasteiger partial charge in [-0.15, -0.1) is 11.8 Å². The highest BCUT2D eigenvalue weighted by Crippen LogP contribution is 2.35. The first-order valence-electron chi connectivity index (χ1n) is 10.6. The molecule has 0 heterocycles. The van der Waals surface area contributed by atoms with Crippen LogP contribution in [0.3, 0.4) is 0 Å². The molecule has 3 aromatic rings. The van der Waals surface area contributed by atoms with Crippen LogP contribution in [0.2, 0.25) is 5.02 Å². The van der Waals surface area contributed by atoms with Crippen molar-refractivity contribution in [3.8, 4) is 0 Å². The van der Waals surface area contributed by atoms with Crippen molar-refractivity contribution in [1.29, 1.82) is 0 Å². The number of alkyl halides is 3. The van der Waals surface area contributed by atoms with Crippen LogP contribution in [0.25, 0.3) is 6.08 Å². The Labute approximate surface area is 210 Å². The van der Waals surface area contributed by atoms with Gasteiger partial charge in [0, 0.05) is 16.7 Å². The van der Waals surface area contributed by atoms with Crippen LogP contribution < -0.4 is 10.6 Å². The number of hydrogen-bond acceptors (Lipinski definition) is 3. The van der Waals surface area contributed by atoms with E-state index in [0.29, 0.717) is 17.0 Å². The molecule has 0 saturated heterocycles. The molecule has 2 amide bonds. The molecule has 0 saturated carbocycles. The first-order chi connectivity index (χ1) is 16.7. The summed E-state index contributed by atoms with van der Waals surface area (Å²) in [6.07, 6.45) is -1.01. The Bertz CT molecular complexity index is 1220. The summed E-state index contributed by atoms with van der Waals surface area (Å²) in [5, 5.41) is 4.70. The highest BCUT2D eigenvalue weighted by atomic mass is 35.5. The molecular weight excluding hydrogens is 497 g/mol. The van der Waals surface area contributed by atoms with Gasteiger partial charge in [0.25, 0.3) is 0 Å². The third-order valence-electron chi connectivity index (χ3n) is 4.82. The Kier molecular flexibility index (Phi) is 9.01. The van der Waals surface area contributed by atoms with Crippen molar-refractivity contribution in [2.24, 2.45) is 0 Å². The third-order valence-corrected chi connectivity index (χ3v) is 6.51. The van der Waals surface area contributed by atoms with E-state index < -0.39 is 22.9 Å². The van der Waals surface area contributed by atoms with Gasteiger partial charge in [-0.2, -0.15) is 13.2 Å². The predicted molar refractivity (Wildman–Crippen MR) is 136 cm³/mol. The average Bonchev–Trinajstić information content (AvgIpc) is 2.82. The van der Waals surface area contributed by atoms with Gasteiger partial charge in [-0.3, -0.25) is 9.59 Å². The zero-order valence-corrected chi connectivity index (χ0v) is 20.2. The average molecular weight is 519 g/mol. The zero-order chi connectivity index (χ0) is 25.4. The fourth-order valence-corrected chi connectivity index (χ4v) is 4.24. The zero-order valence-electron chi connectivity index (χ0n) is 18.6. The number of halogens is 4. The Morgan fingerprint density at radius 1 is 1.00 bits per heavy atom. The summed E-state index contributed by atoms with van der Waals surface area (Å²) in [5.41, 5.74) is 0.443. The molecule has 2 N–H and O–H groups in total. The topological polar surface area (TPSA) is 58.2 Å². The molecule has 4 nitrogen and oxygen atoms in total. The minimum atomic E-state index is -4.55. The quantitative estimate of drug-likeness (QED) is 0.239. The lowest BCUT2D eigenvalue weighted by molar-refractivity contribution is -0.137. The second-order valence-electron chi connectivity index (χ2n) is 7.46. The second kappa shape index (κ2) is 12.0. The van der Waals surface area contributed by atoms with Gasteiger partial charge in [-0.25, -0.2) is 0 Å². The summed E-state index contributed by atoms with van der Waals surface area (Å²) in [7, 11) is 0. The summed E-state index contributed by atoms with van der Waals surface area (Å²) in [6.45, 7) is 1.80. The molecule has 1 atom stereocenters. The number of rotatable bonds is 8. The van der Waals surface area contributed by atoms with Crippen LogP contribution in [0, 0.1) is 0 Å². The van der Waals surface area contributed by atoms with E-state index in [2.05, 4.69) is 10.6 Å². The summed E-state index contributed by atoms with van der Waals surface area (Å²) in [5.74, 6) is -0.779. The van der Waals surface area contributed by atoms with Crippen molar-refractivity contribution in [1.82, 2.24) is 0 Å². The first-order valence-corrected chi connectivity index (χ1v) is 11.9. The maximum absolute atomic E-state index is 13.0. The molecule has 0 aliphatic rings. The predicted octanol–water partition coefficient (Wildman–Crippen LogP) is 7.52. The van der Waals surface area contributed by atoms with Crippen LogP contribution in [0.4, 0.5) is 24.5 Å². The molecule has 0 fully saturated rings. The summed E-state index contributed by atoms with van der Waals surface area (Å²) in [4.78, 5) is 25.8. The summed E-state index contributed by atoms with van der Waals surface area (Å²) >= 11 is 7.23. The van der Waals surface area contributed by atoms with Crippen LogP contribution >= 0.6 is 23.4 Å². The van der Waals surface area contributed by atoms with Crippen molar-refractivity contribution in [2.75, 3.05) is 10.6 Å². The summed E-state index contributed by atoms with van der Waals surface area (Å²) < 4.78 is 39.1. The lowest BCUT2D eigenvalue weighted by Gasteiger charge is -2.17. The van der Waals surface area contributed by atoms with Gasteiger partial charge in [-0.1, -0.05) is 54.9 Å². The van der Waals surface area contributed by atoms with Crippen molar-refractivity contribution >= 4 is 52.6 Å². The minimum absolute atomic E-state index is 0.0134. The Hall–Kier alpha value is -3.23. The Morgan fingerprint density at radius 3 is 2.43 bits per heavy atom. The number of carbonyl (C=O) groups is 2. The van der Waals surface area contributed by atoms with E-state index in [9.17, 15) is 22.8 Å². The van der Waals surface area contributed by atoms with E-state index in [1.54, 1.807) is 37.3 Å². The number of nitrogens with one attached hydrogen (secondary N) is 2. The van der Waals surface area contributed by atoms with E-state index in [-0.39, 0.29) is 16.6 Å². The van der Waals surface area contributed by atoms with Crippen LogP contribution in [0.15, 0.2) is 83.8 Å². The van der Waals surface area contributed by atoms with E-state index in [0.717, 1.165) is 23.8 Å². The number of hydrogen-bond donors (Lipinski definition) is 2. The molecule has 0 bridgehead atoms. The molecule has 3 rings (SSSR count). The monoisotopic (exact) mass is 518 g/mol. The normalized spacial score (nSPS) is 12.4. The van der Waals surface area contributed by atoms with E-state index in [1.165, 1.54) is 17.8 Å². The van der Waals surface area contributed by atoms with Crippen LogP contribution in [0.5, 0.6) is 0 Å². The van der Waals surface area contributed by atoms with Gasteiger partial charge in [0.15, 0.2) is 0 Å². The second-order valence-corrected chi connectivity index (χ2v) is 9.14. The van der Waals surface area contributed by atoms with E-state index >= 15 is 0 Å². The van der Waals surface area contributed by atoms with Crippen molar-refractivity contribution in [3.63, 3.8) is 0 Å². The fraction of sp³-hybridized carbons (Fsp3) is 0.154. The molecule has 3 aromatic carbocycles. The Balaban J connectivity index is 1.66. The van der Waals surface area contributed by atoms with Crippen LogP contribution in [-0.2, 0) is 15.8 Å². The smallest absolute Gasteiger partial charge is 0.324 e. The van der Waals surface area contributed by atoms with Gasteiger partial charge < -0.3 is 10.6 Å². The number of carbonyl (C=O) groups excluding carboxylic acids is 2. The van der Waals surface area contributed by atoms with Gasteiger partial charge >= 0.3 is 6.18 Å². The van der Waals surface area contributed by atoms with Crippen molar-refractivity contribution < 1.29 is 22.8 Å². The van der Waals surface area contributed by atoms with Crippen molar-refractivity contribution in [3.05, 3.63) is 95.0 Å². The third kappa shape index (κ3) is 7.90. The van der Waals surface area contributed by atoms with Gasteiger partial charge in [0.2, 0.25) is 11.8 Å². The molecule has 0 spiro atoms. The molecule has 0 aliphatic carbocycles. The molecule has 9 heteroatoms. The van der Waals surface area contributed by atoms with Gasteiger partial charge in [0.1, 0.15) is 0 Å². The number of anilines is 2. The van der Waals surface area contributed by atoms with Gasteiger partial charge in [0.05, 0.1) is 21.5 Å². The molecule has 0 radical (unpaired) electrons. The summed E-state index contributed by atoms with van der Waals surface area (Å²) in [6, 6.07) is 19.2. The molecule has 35 heavy (non-hydrogen) atoms. The van der Waals surface area contributed by atoms with Crippen LogP contribution in [-0.4, -0.2) is 17.1 Å². The molecule has 0 aromatic heterocycles. The Morgan fingerprint density at radius 2 is 1.74 bits per heavy atom. The molecular formula is C26H22ClF3N2O2S. The standard InChI is InChI=1S/C26H22ClF3N2O2S/c1-2-23(25(34)32-22-15-18(26(28,29)30)12-13-21(22)27)35-20-10-6-9-19(16-20)31-24(33)14-11-17-7-4-3-5-8-17/h3-16,23H,2H2,1H3,(H,31,33)(H,32,34)/b14-11+. The molecule has 1 unspecified atom stereocenters. The van der Waals surface area contributed by atoms with E-state index in [1.807, 2.05) is 30.3 Å². The maximum Gasteiger partial charge on any atom is 0.416 e. The SMILES string of the molecule is CCC(Sc1cccc(NC(=O)/C=C/c2ccccc2)c1)C(=O)Nc1cc(C(F)(F)F)ccc1Cl. The lowest BCUT2D eigenvalue weighted by atomic mass is 10.2. The fourth-order valence-electron chi connectivity index (χ4n) is 3.06. The minimum Gasteiger partial charge on any atom is -0.324 e. The van der Waals surface area contributed by atoms with Gasteiger partial charge in [-0.05, 0) is 54.5 Å². The lowest BCUT2D eigenvalue weighted by Crippen LogP contribution is -2.25. The van der Waals surface area contributed by atoms with E-state index in [4.69, 9.17) is 11.6 Å². The van der Waals surface area contributed by atoms with Crippen molar-refractivity contribution in [2.45, 2.75) is 29.7 Å². The highest BCUT2D eigenvalue weighted by Gasteiger charge is 2.31. The molecule has 0 aliphatic heterocycles. The number of benzene rings is 3. The maximum atomic E-state index is 13.0. The van der Waals surface area contributed by atoms with Crippen LogP contribution in [0.1, 0.15) is 24.5 Å². The number of thioether (sulfide) groups is 1. The largest absolute Gasteiger partial charge is 0.416 e. The number of amides is 2. The first kappa shape index (κ1) is 26.4. The highest BCUT2D eigenvalue weighted by molar-refractivity contribution is 8.00. The molecule has 182 valence electrons.